The molecule has 0 saturated heterocycles. The first-order chi connectivity index (χ1) is 6.68. The van der Waals surface area contributed by atoms with Crippen molar-refractivity contribution in [1.29, 1.82) is 0 Å². The molecular formula is C10H10ClN3. The van der Waals surface area contributed by atoms with Gasteiger partial charge in [0.1, 0.15) is 5.82 Å². The minimum Gasteiger partial charge on any atom is -0.384 e. The Hall–Kier alpha value is -1.48. The van der Waals surface area contributed by atoms with Gasteiger partial charge in [0.25, 0.3) is 0 Å². The van der Waals surface area contributed by atoms with Gasteiger partial charge in [-0.1, -0.05) is 11.6 Å². The van der Waals surface area contributed by atoms with E-state index in [4.69, 9.17) is 17.3 Å². The predicted molar refractivity (Wildman–Crippen MR) is 57.7 cm³/mol. The van der Waals surface area contributed by atoms with Crippen molar-refractivity contribution in [3.05, 3.63) is 41.0 Å². The second kappa shape index (κ2) is 3.35. The number of nitrogen functional groups attached to an aromatic ring is 1. The second-order valence-corrected chi connectivity index (χ2v) is 3.54. The van der Waals surface area contributed by atoms with Gasteiger partial charge in [-0.05, 0) is 30.7 Å². The number of aromatic nitrogens is 2. The molecule has 2 rings (SSSR count). The Morgan fingerprint density at radius 3 is 2.71 bits per heavy atom. The average molecular weight is 208 g/mol. The van der Waals surface area contributed by atoms with Crippen molar-refractivity contribution in [3.63, 3.8) is 0 Å². The molecule has 1 heterocycles. The summed E-state index contributed by atoms with van der Waals surface area (Å²) in [4.78, 5) is 0. The van der Waals surface area contributed by atoms with Crippen molar-refractivity contribution < 1.29 is 0 Å². The predicted octanol–water partition coefficient (Wildman–Crippen LogP) is 2.42. The van der Waals surface area contributed by atoms with Gasteiger partial charge in [-0.2, -0.15) is 5.10 Å². The molecule has 3 nitrogen and oxygen atoms in total. The maximum absolute atomic E-state index is 5.86. The van der Waals surface area contributed by atoms with Gasteiger partial charge in [-0.3, -0.25) is 0 Å². The van der Waals surface area contributed by atoms with E-state index in [9.17, 15) is 0 Å². The summed E-state index contributed by atoms with van der Waals surface area (Å²) < 4.78 is 1.69. The van der Waals surface area contributed by atoms with Crippen LogP contribution in [0.2, 0.25) is 5.02 Å². The van der Waals surface area contributed by atoms with E-state index >= 15 is 0 Å². The maximum Gasteiger partial charge on any atom is 0.127 e. The standard InChI is InChI=1S/C10H10ClN3/c1-7-6-8(11)2-3-9(7)14-10(12)4-5-13-14/h2-6H,12H2,1H3. The van der Waals surface area contributed by atoms with Crippen LogP contribution in [0.4, 0.5) is 5.82 Å². The Balaban J connectivity index is 2.58. The molecule has 0 aliphatic rings. The summed E-state index contributed by atoms with van der Waals surface area (Å²) in [6, 6.07) is 7.37. The summed E-state index contributed by atoms with van der Waals surface area (Å²) in [6.45, 7) is 1.97. The molecule has 14 heavy (non-hydrogen) atoms. The minimum absolute atomic E-state index is 0.621. The van der Waals surface area contributed by atoms with Crippen molar-refractivity contribution in [3.8, 4) is 5.69 Å². The molecule has 0 amide bonds. The molecule has 1 aromatic heterocycles. The van der Waals surface area contributed by atoms with Crippen molar-refractivity contribution in [2.24, 2.45) is 0 Å². The number of aryl methyl sites for hydroxylation is 1. The molecule has 2 aromatic rings. The molecule has 0 aliphatic heterocycles. The van der Waals surface area contributed by atoms with E-state index in [1.807, 2.05) is 25.1 Å². The smallest absolute Gasteiger partial charge is 0.127 e. The Bertz CT molecular complexity index is 462. The van der Waals surface area contributed by atoms with E-state index in [0.29, 0.717) is 5.82 Å². The fraction of sp³-hybridized carbons (Fsp3) is 0.100. The maximum atomic E-state index is 5.86. The van der Waals surface area contributed by atoms with Crippen LogP contribution in [0.15, 0.2) is 30.5 Å². The Labute approximate surface area is 87.1 Å². The normalized spacial score (nSPS) is 10.4. The molecule has 0 unspecified atom stereocenters. The lowest BCUT2D eigenvalue weighted by atomic mass is 10.2. The molecular weight excluding hydrogens is 198 g/mol. The quantitative estimate of drug-likeness (QED) is 0.781. The summed E-state index contributed by atoms with van der Waals surface area (Å²) >= 11 is 5.86. The summed E-state index contributed by atoms with van der Waals surface area (Å²) in [7, 11) is 0. The first-order valence-corrected chi connectivity index (χ1v) is 4.62. The number of anilines is 1. The summed E-state index contributed by atoms with van der Waals surface area (Å²) in [6.07, 6.45) is 1.67. The lowest BCUT2D eigenvalue weighted by molar-refractivity contribution is 0.883. The van der Waals surface area contributed by atoms with Crippen molar-refractivity contribution in [2.45, 2.75) is 6.92 Å². The molecule has 0 radical (unpaired) electrons. The first-order valence-electron chi connectivity index (χ1n) is 4.24. The Morgan fingerprint density at radius 1 is 1.36 bits per heavy atom. The van der Waals surface area contributed by atoms with E-state index in [1.54, 1.807) is 16.9 Å². The molecule has 1 aromatic carbocycles. The lowest BCUT2D eigenvalue weighted by Gasteiger charge is -2.07. The Morgan fingerprint density at radius 2 is 2.14 bits per heavy atom. The largest absolute Gasteiger partial charge is 0.384 e. The molecule has 0 aliphatic carbocycles. The van der Waals surface area contributed by atoms with E-state index in [0.717, 1.165) is 16.3 Å². The van der Waals surface area contributed by atoms with Crippen LogP contribution in [0.3, 0.4) is 0 Å². The van der Waals surface area contributed by atoms with E-state index in [-0.39, 0.29) is 0 Å². The molecule has 0 atom stereocenters. The topological polar surface area (TPSA) is 43.8 Å². The van der Waals surface area contributed by atoms with Crippen LogP contribution in [0.25, 0.3) is 5.69 Å². The van der Waals surface area contributed by atoms with Gasteiger partial charge >= 0.3 is 0 Å². The van der Waals surface area contributed by atoms with E-state index in [1.165, 1.54) is 0 Å². The fourth-order valence-corrected chi connectivity index (χ4v) is 1.60. The summed E-state index contributed by atoms with van der Waals surface area (Å²) in [5.41, 5.74) is 7.75. The van der Waals surface area contributed by atoms with Gasteiger partial charge in [0, 0.05) is 11.1 Å². The van der Waals surface area contributed by atoms with E-state index < -0.39 is 0 Å². The molecule has 4 heteroatoms. The zero-order valence-electron chi connectivity index (χ0n) is 7.74. The van der Waals surface area contributed by atoms with Crippen LogP contribution in [-0.2, 0) is 0 Å². The number of benzene rings is 1. The SMILES string of the molecule is Cc1cc(Cl)ccc1-n1nccc1N. The minimum atomic E-state index is 0.621. The molecule has 72 valence electrons. The number of rotatable bonds is 1. The molecule has 0 bridgehead atoms. The molecule has 0 saturated carbocycles. The van der Waals surface area contributed by atoms with Gasteiger partial charge in [0.15, 0.2) is 0 Å². The van der Waals surface area contributed by atoms with Crippen LogP contribution in [-0.4, -0.2) is 9.78 Å². The zero-order chi connectivity index (χ0) is 10.1. The van der Waals surface area contributed by atoms with Gasteiger partial charge in [-0.15, -0.1) is 0 Å². The summed E-state index contributed by atoms with van der Waals surface area (Å²) in [5, 5.41) is 4.84. The van der Waals surface area contributed by atoms with Crippen LogP contribution in [0.5, 0.6) is 0 Å². The van der Waals surface area contributed by atoms with Crippen molar-refractivity contribution in [1.82, 2.24) is 9.78 Å². The lowest BCUT2D eigenvalue weighted by Crippen LogP contribution is -2.03. The number of nitrogens with two attached hydrogens (primary N) is 1. The number of hydrogen-bond donors (Lipinski definition) is 1. The highest BCUT2D eigenvalue weighted by atomic mass is 35.5. The molecule has 0 fully saturated rings. The number of hydrogen-bond acceptors (Lipinski definition) is 2. The van der Waals surface area contributed by atoms with E-state index in [2.05, 4.69) is 5.10 Å². The van der Waals surface area contributed by atoms with Crippen LogP contribution in [0, 0.1) is 6.92 Å². The summed E-state index contributed by atoms with van der Waals surface area (Å²) in [5.74, 6) is 0.621. The first kappa shape index (κ1) is 9.09. The van der Waals surface area contributed by atoms with Gasteiger partial charge in [0.05, 0.1) is 11.9 Å². The fourth-order valence-electron chi connectivity index (χ4n) is 1.37. The highest BCUT2D eigenvalue weighted by molar-refractivity contribution is 6.30. The highest BCUT2D eigenvalue weighted by Gasteiger charge is 2.04. The van der Waals surface area contributed by atoms with Gasteiger partial charge < -0.3 is 5.73 Å². The molecule has 2 N–H and O–H groups in total. The average Bonchev–Trinajstić information content (AvgIpc) is 2.52. The third-order valence-corrected chi connectivity index (χ3v) is 2.29. The highest BCUT2D eigenvalue weighted by Crippen LogP contribution is 2.20. The zero-order valence-corrected chi connectivity index (χ0v) is 8.49. The number of nitrogens with zero attached hydrogens (tertiary/aromatic N) is 2. The monoisotopic (exact) mass is 207 g/mol. The van der Waals surface area contributed by atoms with Crippen LogP contribution < -0.4 is 5.73 Å². The second-order valence-electron chi connectivity index (χ2n) is 3.10. The van der Waals surface area contributed by atoms with Crippen LogP contribution >= 0.6 is 11.6 Å². The third kappa shape index (κ3) is 1.46. The Kier molecular flexibility index (Phi) is 2.17. The van der Waals surface area contributed by atoms with Gasteiger partial charge in [-0.25, -0.2) is 4.68 Å². The number of halogens is 1. The van der Waals surface area contributed by atoms with Crippen molar-refractivity contribution >= 4 is 17.4 Å². The third-order valence-electron chi connectivity index (χ3n) is 2.06. The van der Waals surface area contributed by atoms with Crippen LogP contribution in [0.1, 0.15) is 5.56 Å². The molecule has 0 spiro atoms. The van der Waals surface area contributed by atoms with Gasteiger partial charge in [0.2, 0.25) is 0 Å². The van der Waals surface area contributed by atoms with Crippen molar-refractivity contribution in [2.75, 3.05) is 5.73 Å².